The lowest BCUT2D eigenvalue weighted by Gasteiger charge is -2.38. The van der Waals surface area contributed by atoms with E-state index in [4.69, 9.17) is 0 Å². The molecule has 1 heterocycles. The molecule has 0 atom stereocenters. The number of thioether (sulfide) groups is 1. The average Bonchev–Trinajstić information content (AvgIpc) is 2.67. The highest BCUT2D eigenvalue weighted by molar-refractivity contribution is 7.98. The van der Waals surface area contributed by atoms with E-state index in [2.05, 4.69) is 46.9 Å². The summed E-state index contributed by atoms with van der Waals surface area (Å²) in [5.41, 5.74) is 2.51. The third kappa shape index (κ3) is 4.58. The van der Waals surface area contributed by atoms with Gasteiger partial charge in [0.2, 0.25) is 0 Å². The first kappa shape index (κ1) is 17.9. The molecule has 0 spiro atoms. The van der Waals surface area contributed by atoms with E-state index in [1.54, 1.807) is 0 Å². The second kappa shape index (κ2) is 8.96. The molecule has 1 saturated heterocycles. The van der Waals surface area contributed by atoms with Crippen LogP contribution >= 0.6 is 11.8 Å². The fourth-order valence-corrected chi connectivity index (χ4v) is 4.76. The van der Waals surface area contributed by atoms with Crippen molar-refractivity contribution < 1.29 is 0 Å². The molecule has 0 N–H and O–H groups in total. The molecule has 2 aliphatic rings. The Morgan fingerprint density at radius 3 is 2.50 bits per heavy atom. The molecule has 24 heavy (non-hydrogen) atoms. The highest BCUT2D eigenvalue weighted by Gasteiger charge is 2.21. The van der Waals surface area contributed by atoms with Crippen LogP contribution in [0.4, 0.5) is 0 Å². The van der Waals surface area contributed by atoms with E-state index in [9.17, 15) is 0 Å². The molecule has 0 radical (unpaired) electrons. The van der Waals surface area contributed by atoms with Gasteiger partial charge in [0.25, 0.3) is 0 Å². The molecule has 2 nitrogen and oxygen atoms in total. The monoisotopic (exact) mass is 344 g/mol. The number of hydrogen-bond acceptors (Lipinski definition) is 3. The minimum Gasteiger partial charge on any atom is -0.369 e. The summed E-state index contributed by atoms with van der Waals surface area (Å²) in [4.78, 5) is 6.48. The zero-order valence-electron chi connectivity index (χ0n) is 15.2. The topological polar surface area (TPSA) is 6.48 Å². The molecule has 3 heteroatoms. The molecule has 0 aromatic heterocycles. The van der Waals surface area contributed by atoms with Crippen LogP contribution in [-0.4, -0.2) is 48.8 Å². The lowest BCUT2D eigenvalue weighted by atomic mass is 9.87. The molecule has 1 aromatic rings. The molecule has 1 aromatic carbocycles. The van der Waals surface area contributed by atoms with Crippen LogP contribution in [0.2, 0.25) is 0 Å². The first-order valence-electron chi connectivity index (χ1n) is 9.57. The van der Waals surface area contributed by atoms with Crippen molar-refractivity contribution in [1.82, 2.24) is 9.80 Å². The van der Waals surface area contributed by atoms with Crippen LogP contribution in [0.1, 0.15) is 44.1 Å². The van der Waals surface area contributed by atoms with Gasteiger partial charge in [0, 0.05) is 42.3 Å². The predicted octanol–water partition coefficient (Wildman–Crippen LogP) is 4.97. The van der Waals surface area contributed by atoms with Crippen LogP contribution in [0.25, 0.3) is 5.70 Å². The van der Waals surface area contributed by atoms with Crippen molar-refractivity contribution in [3.05, 3.63) is 36.4 Å². The minimum absolute atomic E-state index is 1.00. The Kier molecular flexibility index (Phi) is 6.67. The first-order valence-corrected chi connectivity index (χ1v) is 10.8. The average molecular weight is 345 g/mol. The smallest absolute Gasteiger partial charge is 0.0379 e. The molecular formula is C21H32N2S. The van der Waals surface area contributed by atoms with Gasteiger partial charge in [-0.3, -0.25) is 4.90 Å². The summed E-state index contributed by atoms with van der Waals surface area (Å²) in [5.74, 6) is 1.00. The van der Waals surface area contributed by atoms with E-state index >= 15 is 0 Å². The van der Waals surface area contributed by atoms with Gasteiger partial charge in [-0.2, -0.15) is 0 Å². The molecule has 1 saturated carbocycles. The van der Waals surface area contributed by atoms with E-state index in [0.29, 0.717) is 0 Å². The van der Waals surface area contributed by atoms with Gasteiger partial charge in [0.1, 0.15) is 0 Å². The van der Waals surface area contributed by atoms with Crippen LogP contribution in [0.15, 0.2) is 35.7 Å². The third-order valence-electron chi connectivity index (χ3n) is 5.75. The van der Waals surface area contributed by atoms with Gasteiger partial charge in [-0.25, -0.2) is 0 Å². The standard InChI is InChI=1S/C21H32N2S/c1-18(20-10-6-7-11-21(20)24-2)23-16-14-22(15-17-23)13-12-19-8-4-3-5-9-19/h6-7,10-11,19H,1,3-5,8-9,12-17H2,2H3. The second-order valence-electron chi connectivity index (χ2n) is 7.27. The predicted molar refractivity (Wildman–Crippen MR) is 106 cm³/mol. The molecule has 1 aliphatic heterocycles. The number of benzene rings is 1. The summed E-state index contributed by atoms with van der Waals surface area (Å²) in [7, 11) is 0. The van der Waals surface area contributed by atoms with Gasteiger partial charge in [0.15, 0.2) is 0 Å². The van der Waals surface area contributed by atoms with Gasteiger partial charge in [-0.05, 0) is 31.2 Å². The molecule has 1 aliphatic carbocycles. The number of piperazine rings is 1. The third-order valence-corrected chi connectivity index (χ3v) is 6.55. The summed E-state index contributed by atoms with van der Waals surface area (Å²) < 4.78 is 0. The Balaban J connectivity index is 1.46. The van der Waals surface area contributed by atoms with E-state index in [-0.39, 0.29) is 0 Å². The SMILES string of the molecule is C=C(c1ccccc1SC)N1CCN(CCC2CCCCC2)CC1. The van der Waals surface area contributed by atoms with Crippen molar-refractivity contribution in [1.29, 1.82) is 0 Å². The van der Waals surface area contributed by atoms with E-state index < -0.39 is 0 Å². The van der Waals surface area contributed by atoms with Crippen molar-refractivity contribution in [3.8, 4) is 0 Å². The molecule has 0 bridgehead atoms. The van der Waals surface area contributed by atoms with Crippen molar-refractivity contribution in [2.45, 2.75) is 43.4 Å². The van der Waals surface area contributed by atoms with Crippen molar-refractivity contribution in [3.63, 3.8) is 0 Å². The summed E-state index contributed by atoms with van der Waals surface area (Å²) >= 11 is 1.81. The van der Waals surface area contributed by atoms with Gasteiger partial charge >= 0.3 is 0 Å². The second-order valence-corrected chi connectivity index (χ2v) is 8.12. The largest absolute Gasteiger partial charge is 0.369 e. The first-order chi connectivity index (χ1) is 11.8. The molecule has 0 unspecified atom stereocenters. The normalized spacial score (nSPS) is 20.3. The Morgan fingerprint density at radius 2 is 1.79 bits per heavy atom. The number of hydrogen-bond donors (Lipinski definition) is 0. The maximum absolute atomic E-state index is 4.40. The number of nitrogens with zero attached hydrogens (tertiary/aromatic N) is 2. The summed E-state index contributed by atoms with van der Waals surface area (Å²) in [6, 6.07) is 8.65. The highest BCUT2D eigenvalue weighted by Crippen LogP contribution is 2.29. The Hall–Kier alpha value is -0.930. The maximum atomic E-state index is 4.40. The fraction of sp³-hybridized carbons (Fsp3) is 0.619. The van der Waals surface area contributed by atoms with Crippen molar-refractivity contribution in [2.24, 2.45) is 5.92 Å². The van der Waals surface area contributed by atoms with Gasteiger partial charge in [-0.1, -0.05) is 56.9 Å². The quantitative estimate of drug-likeness (QED) is 0.673. The van der Waals surface area contributed by atoms with Crippen LogP contribution < -0.4 is 0 Å². The number of rotatable bonds is 6. The fourth-order valence-electron chi connectivity index (χ4n) is 4.14. The van der Waals surface area contributed by atoms with Crippen molar-refractivity contribution >= 4 is 17.5 Å². The zero-order valence-corrected chi connectivity index (χ0v) is 16.0. The zero-order chi connectivity index (χ0) is 16.8. The van der Waals surface area contributed by atoms with Crippen LogP contribution in [-0.2, 0) is 0 Å². The van der Waals surface area contributed by atoms with Crippen LogP contribution in [0.3, 0.4) is 0 Å². The highest BCUT2D eigenvalue weighted by atomic mass is 32.2. The lowest BCUT2D eigenvalue weighted by molar-refractivity contribution is 0.160. The molecule has 2 fully saturated rings. The maximum Gasteiger partial charge on any atom is 0.0379 e. The summed E-state index contributed by atoms with van der Waals surface area (Å²) in [6.07, 6.45) is 10.9. The summed E-state index contributed by atoms with van der Waals surface area (Å²) in [6.45, 7) is 10.3. The van der Waals surface area contributed by atoms with Crippen molar-refractivity contribution in [2.75, 3.05) is 39.0 Å². The Morgan fingerprint density at radius 1 is 1.08 bits per heavy atom. The lowest BCUT2D eigenvalue weighted by Crippen LogP contribution is -2.45. The van der Waals surface area contributed by atoms with Crippen LogP contribution in [0, 0.1) is 5.92 Å². The van der Waals surface area contributed by atoms with Gasteiger partial charge in [0.05, 0.1) is 0 Å². The van der Waals surface area contributed by atoms with E-state index in [0.717, 1.165) is 19.0 Å². The van der Waals surface area contributed by atoms with E-state index in [1.807, 2.05) is 11.8 Å². The Labute approximate surface area is 152 Å². The molecule has 3 rings (SSSR count). The summed E-state index contributed by atoms with van der Waals surface area (Å²) in [5, 5.41) is 0. The van der Waals surface area contributed by atoms with Crippen LogP contribution in [0.5, 0.6) is 0 Å². The van der Waals surface area contributed by atoms with Gasteiger partial charge < -0.3 is 4.90 Å². The minimum atomic E-state index is 1.00. The van der Waals surface area contributed by atoms with E-state index in [1.165, 1.54) is 74.3 Å². The van der Waals surface area contributed by atoms with Gasteiger partial charge in [-0.15, -0.1) is 11.8 Å². The molecule has 0 amide bonds. The molecular weight excluding hydrogens is 312 g/mol. The molecule has 132 valence electrons. The Bertz CT molecular complexity index is 528.